The van der Waals surface area contributed by atoms with Gasteiger partial charge in [0.15, 0.2) is 0 Å². The van der Waals surface area contributed by atoms with E-state index in [0.717, 1.165) is 23.5 Å². The number of nitro groups is 1. The second-order valence-corrected chi connectivity index (χ2v) is 6.22. The Morgan fingerprint density at radius 2 is 1.52 bits per heavy atom. The fourth-order valence-corrected chi connectivity index (χ4v) is 2.72. The molecule has 0 radical (unpaired) electrons. The van der Waals surface area contributed by atoms with Crippen molar-refractivity contribution in [2.24, 2.45) is 0 Å². The molecule has 0 fully saturated rings. The third-order valence-electron chi connectivity index (χ3n) is 4.35. The predicted molar refractivity (Wildman–Crippen MR) is 103 cm³/mol. The first kappa shape index (κ1) is 20.1. The van der Waals surface area contributed by atoms with Crippen LogP contribution < -0.4 is 10.6 Å². The maximum atomic E-state index is 13.2. The lowest BCUT2D eigenvalue weighted by Gasteiger charge is -2.15. The van der Waals surface area contributed by atoms with E-state index in [0.29, 0.717) is 5.69 Å². The number of para-hydroxylation sites is 1. The zero-order chi connectivity index (χ0) is 21.2. The fourth-order valence-electron chi connectivity index (χ4n) is 2.72. The molecule has 0 aliphatic rings. The molecule has 1 heterocycles. The highest BCUT2D eigenvalue weighted by Crippen LogP contribution is 2.38. The summed E-state index contributed by atoms with van der Waals surface area (Å²) in [5.74, 6) is -0.486. The zero-order valence-corrected chi connectivity index (χ0v) is 15.4. The van der Waals surface area contributed by atoms with Gasteiger partial charge in [-0.3, -0.25) is 10.1 Å². The molecule has 0 atom stereocenters. The smallest absolute Gasteiger partial charge is 0.334 e. The lowest BCUT2D eigenvalue weighted by Crippen LogP contribution is -2.11. The number of hydrogen-bond donors (Lipinski definition) is 2. The van der Waals surface area contributed by atoms with E-state index in [1.807, 2.05) is 19.9 Å². The van der Waals surface area contributed by atoms with Crippen molar-refractivity contribution in [3.8, 4) is 0 Å². The quantitative estimate of drug-likeness (QED) is 0.431. The van der Waals surface area contributed by atoms with Crippen LogP contribution in [0.2, 0.25) is 0 Å². The van der Waals surface area contributed by atoms with Crippen LogP contribution in [0.3, 0.4) is 0 Å². The van der Waals surface area contributed by atoms with E-state index in [2.05, 4.69) is 20.6 Å². The van der Waals surface area contributed by atoms with Gasteiger partial charge in [0.25, 0.3) is 0 Å². The highest BCUT2D eigenvalue weighted by Gasteiger charge is 2.34. The Labute approximate surface area is 163 Å². The van der Waals surface area contributed by atoms with Crippen LogP contribution in [0.15, 0.2) is 48.8 Å². The summed E-state index contributed by atoms with van der Waals surface area (Å²) in [4.78, 5) is 18.6. The van der Waals surface area contributed by atoms with Gasteiger partial charge in [0.1, 0.15) is 6.33 Å². The third kappa shape index (κ3) is 4.26. The van der Waals surface area contributed by atoms with Crippen molar-refractivity contribution in [2.45, 2.75) is 20.0 Å². The Hall–Kier alpha value is -3.69. The molecule has 0 unspecified atom stereocenters. The van der Waals surface area contributed by atoms with Crippen LogP contribution in [0.25, 0.3) is 0 Å². The normalized spacial score (nSPS) is 11.2. The number of halogens is 3. The summed E-state index contributed by atoms with van der Waals surface area (Å²) in [7, 11) is 0. The fraction of sp³-hybridized carbons (Fsp3) is 0.158. The van der Waals surface area contributed by atoms with E-state index >= 15 is 0 Å². The molecule has 29 heavy (non-hydrogen) atoms. The van der Waals surface area contributed by atoms with Gasteiger partial charge in [0, 0.05) is 5.69 Å². The highest BCUT2D eigenvalue weighted by atomic mass is 19.4. The van der Waals surface area contributed by atoms with Gasteiger partial charge >= 0.3 is 11.9 Å². The Kier molecular flexibility index (Phi) is 5.35. The minimum Gasteiger partial charge on any atom is -0.334 e. The lowest BCUT2D eigenvalue weighted by atomic mass is 10.1. The number of aryl methyl sites for hydroxylation is 1. The Morgan fingerprint density at radius 1 is 0.931 bits per heavy atom. The van der Waals surface area contributed by atoms with Crippen molar-refractivity contribution >= 4 is 28.7 Å². The number of aromatic nitrogens is 2. The second-order valence-electron chi connectivity index (χ2n) is 6.22. The highest BCUT2D eigenvalue weighted by molar-refractivity contribution is 5.78. The summed E-state index contributed by atoms with van der Waals surface area (Å²) >= 11 is 0. The van der Waals surface area contributed by atoms with Gasteiger partial charge in [0.2, 0.25) is 11.6 Å². The minimum absolute atomic E-state index is 0.134. The molecule has 150 valence electrons. The Balaban J connectivity index is 2.05. The molecule has 0 bridgehead atoms. The van der Waals surface area contributed by atoms with Gasteiger partial charge in [-0.05, 0) is 43.2 Å². The first-order valence-electron chi connectivity index (χ1n) is 8.44. The van der Waals surface area contributed by atoms with Gasteiger partial charge in [-0.1, -0.05) is 24.3 Å². The largest absolute Gasteiger partial charge is 0.418 e. The standard InChI is InChI=1S/C19H16F3N5O2/c1-11-6-5-9-14(12(11)2)25-17-16(27(28)29)18(24-10-23-17)26-15-8-4-3-7-13(15)19(20,21)22/h3-10H,1-2H3,(H2,23,24,25,26). The van der Waals surface area contributed by atoms with Crippen LogP contribution in [0, 0.1) is 24.0 Å². The maximum absolute atomic E-state index is 13.2. The van der Waals surface area contributed by atoms with Gasteiger partial charge in [-0.15, -0.1) is 0 Å². The molecular weight excluding hydrogens is 387 g/mol. The predicted octanol–water partition coefficient (Wildman–Crippen LogP) is 5.51. The van der Waals surface area contributed by atoms with Gasteiger partial charge in [0.05, 0.1) is 16.2 Å². The molecule has 2 aromatic carbocycles. The number of rotatable bonds is 5. The molecule has 1 aromatic heterocycles. The maximum Gasteiger partial charge on any atom is 0.418 e. The van der Waals surface area contributed by atoms with E-state index in [1.54, 1.807) is 12.1 Å². The van der Waals surface area contributed by atoms with Crippen molar-refractivity contribution < 1.29 is 18.1 Å². The number of anilines is 4. The molecule has 0 amide bonds. The molecule has 0 saturated heterocycles. The molecule has 0 aliphatic carbocycles. The van der Waals surface area contributed by atoms with Gasteiger partial charge in [-0.25, -0.2) is 9.97 Å². The molecule has 0 aliphatic heterocycles. The Bertz CT molecular complexity index is 1070. The summed E-state index contributed by atoms with van der Waals surface area (Å²) in [5, 5.41) is 17.0. The average Bonchev–Trinajstić information content (AvgIpc) is 2.65. The number of alkyl halides is 3. The van der Waals surface area contributed by atoms with Crippen LogP contribution >= 0.6 is 0 Å². The van der Waals surface area contributed by atoms with E-state index in [4.69, 9.17) is 0 Å². The first-order chi connectivity index (χ1) is 13.7. The molecule has 0 spiro atoms. The van der Waals surface area contributed by atoms with Gasteiger partial charge < -0.3 is 10.6 Å². The van der Waals surface area contributed by atoms with Crippen molar-refractivity contribution in [3.05, 3.63) is 75.6 Å². The zero-order valence-electron chi connectivity index (χ0n) is 15.4. The van der Waals surface area contributed by atoms with Crippen LogP contribution in [0.1, 0.15) is 16.7 Å². The van der Waals surface area contributed by atoms with Gasteiger partial charge in [-0.2, -0.15) is 13.2 Å². The van der Waals surface area contributed by atoms with E-state index in [1.165, 1.54) is 18.2 Å². The van der Waals surface area contributed by atoms with Crippen molar-refractivity contribution in [3.63, 3.8) is 0 Å². The Morgan fingerprint density at radius 3 is 2.14 bits per heavy atom. The molecular formula is C19H16F3N5O2. The number of nitrogens with one attached hydrogen (secondary N) is 2. The number of benzene rings is 2. The van der Waals surface area contributed by atoms with Crippen LogP contribution in [0.5, 0.6) is 0 Å². The number of nitrogens with zero attached hydrogens (tertiary/aromatic N) is 3. The topological polar surface area (TPSA) is 93.0 Å². The molecule has 10 heteroatoms. The van der Waals surface area contributed by atoms with Crippen molar-refractivity contribution in [1.82, 2.24) is 9.97 Å². The molecule has 7 nitrogen and oxygen atoms in total. The molecule has 2 N–H and O–H groups in total. The molecule has 0 saturated carbocycles. The van der Waals surface area contributed by atoms with E-state index in [-0.39, 0.29) is 17.3 Å². The SMILES string of the molecule is Cc1cccc(Nc2ncnc(Nc3ccccc3C(F)(F)F)c2[N+](=O)[O-])c1C. The minimum atomic E-state index is -4.63. The summed E-state index contributed by atoms with van der Waals surface area (Å²) in [5.41, 5.74) is 0.539. The third-order valence-corrected chi connectivity index (χ3v) is 4.35. The summed E-state index contributed by atoms with van der Waals surface area (Å²) in [6.45, 7) is 3.72. The van der Waals surface area contributed by atoms with Crippen molar-refractivity contribution in [1.29, 1.82) is 0 Å². The average molecular weight is 403 g/mol. The number of hydrogen-bond acceptors (Lipinski definition) is 6. The molecule has 3 aromatic rings. The van der Waals surface area contributed by atoms with Crippen LogP contribution in [0.4, 0.5) is 41.9 Å². The van der Waals surface area contributed by atoms with Crippen molar-refractivity contribution in [2.75, 3.05) is 10.6 Å². The lowest BCUT2D eigenvalue weighted by molar-refractivity contribution is -0.383. The first-order valence-corrected chi connectivity index (χ1v) is 8.44. The summed E-state index contributed by atoms with van der Waals surface area (Å²) < 4.78 is 39.7. The van der Waals surface area contributed by atoms with Crippen LogP contribution in [-0.2, 0) is 6.18 Å². The summed E-state index contributed by atoms with van der Waals surface area (Å²) in [6.07, 6.45) is -3.59. The van der Waals surface area contributed by atoms with E-state index in [9.17, 15) is 23.3 Å². The van der Waals surface area contributed by atoms with E-state index < -0.39 is 22.4 Å². The monoisotopic (exact) mass is 403 g/mol. The second kappa shape index (κ2) is 7.74. The summed E-state index contributed by atoms with van der Waals surface area (Å²) in [6, 6.07) is 10.1. The van der Waals surface area contributed by atoms with Crippen LogP contribution in [-0.4, -0.2) is 14.9 Å². The molecule has 3 rings (SSSR count).